The summed E-state index contributed by atoms with van der Waals surface area (Å²) < 4.78 is 16.6. The molecule has 2 fully saturated rings. The van der Waals surface area contributed by atoms with Gasteiger partial charge in [0.1, 0.15) is 12.7 Å². The van der Waals surface area contributed by atoms with Crippen LogP contribution in [0.1, 0.15) is 51.9 Å². The summed E-state index contributed by atoms with van der Waals surface area (Å²) in [6, 6.07) is 0. The zero-order chi connectivity index (χ0) is 18.8. The van der Waals surface area contributed by atoms with Gasteiger partial charge >= 0.3 is 6.16 Å². The molecule has 0 N–H and O–H groups in total. The first-order valence-electron chi connectivity index (χ1n) is 10.9. The van der Waals surface area contributed by atoms with Crippen molar-refractivity contribution in [1.29, 1.82) is 0 Å². The normalized spacial score (nSPS) is 37.7. The van der Waals surface area contributed by atoms with Crippen molar-refractivity contribution in [2.45, 2.75) is 64.1 Å². The third kappa shape index (κ3) is 4.42. The zero-order valence-electron chi connectivity index (χ0n) is 16.7. The molecule has 27 heavy (non-hydrogen) atoms. The smallest absolute Gasteiger partial charge is 0.432 e. The van der Waals surface area contributed by atoms with E-state index in [9.17, 15) is 4.79 Å². The Balaban J connectivity index is 1.18. The van der Waals surface area contributed by atoms with E-state index in [0.29, 0.717) is 30.3 Å². The van der Waals surface area contributed by atoms with E-state index in [2.05, 4.69) is 31.2 Å². The van der Waals surface area contributed by atoms with Gasteiger partial charge in [0.05, 0.1) is 6.10 Å². The molecule has 0 amide bonds. The first kappa shape index (κ1) is 19.0. The number of carbonyl (C=O) groups excluding carboxylic acids is 1. The Morgan fingerprint density at radius 1 is 0.926 bits per heavy atom. The van der Waals surface area contributed by atoms with E-state index in [1.165, 1.54) is 25.7 Å². The summed E-state index contributed by atoms with van der Waals surface area (Å²) >= 11 is 0. The van der Waals surface area contributed by atoms with E-state index in [-0.39, 0.29) is 12.2 Å². The van der Waals surface area contributed by atoms with Crippen LogP contribution in [0.25, 0.3) is 0 Å². The van der Waals surface area contributed by atoms with E-state index in [1.807, 2.05) is 0 Å². The first-order chi connectivity index (χ1) is 13.1. The molecule has 150 valence electrons. The molecule has 0 aromatic carbocycles. The van der Waals surface area contributed by atoms with Crippen molar-refractivity contribution < 1.29 is 19.0 Å². The second-order valence-corrected chi connectivity index (χ2v) is 9.12. The standard InChI is InChI=1S/C23H34O4/c1-3-21(12-19-10-15-4-6-17(19)8-15)27-23(24)26-14-22(25-2)13-20-11-16-5-7-18(20)9-16/h4-7,15-22H,3,8-14H2,1-2H3. The Morgan fingerprint density at radius 2 is 1.52 bits per heavy atom. The summed E-state index contributed by atoms with van der Waals surface area (Å²) in [7, 11) is 1.71. The van der Waals surface area contributed by atoms with E-state index in [1.54, 1.807) is 7.11 Å². The molecule has 0 spiro atoms. The highest BCUT2D eigenvalue weighted by molar-refractivity contribution is 5.60. The molecule has 0 aromatic heterocycles. The Hall–Kier alpha value is -1.29. The highest BCUT2D eigenvalue weighted by Gasteiger charge is 2.38. The molecule has 2 saturated carbocycles. The molecule has 0 aromatic rings. The average Bonchev–Trinajstić information content (AvgIpc) is 3.45. The lowest BCUT2D eigenvalue weighted by molar-refractivity contribution is -0.0255. The predicted octanol–water partition coefficient (Wildman–Crippen LogP) is 5.14. The van der Waals surface area contributed by atoms with Gasteiger partial charge in [0, 0.05) is 7.11 Å². The number of carbonyl (C=O) groups is 1. The Bertz CT molecular complexity index is 583. The van der Waals surface area contributed by atoms with Crippen LogP contribution < -0.4 is 0 Å². The lowest BCUT2D eigenvalue weighted by atomic mass is 9.88. The number of hydrogen-bond donors (Lipinski definition) is 0. The summed E-state index contributed by atoms with van der Waals surface area (Å²) in [5, 5.41) is 0. The molecule has 4 rings (SSSR count). The molecule has 4 aliphatic rings. The van der Waals surface area contributed by atoms with Crippen molar-refractivity contribution >= 4 is 6.16 Å². The minimum Gasteiger partial charge on any atom is -0.432 e. The van der Waals surface area contributed by atoms with Gasteiger partial charge in [-0.25, -0.2) is 4.79 Å². The summed E-state index contributed by atoms with van der Waals surface area (Å²) in [4.78, 5) is 12.2. The minimum atomic E-state index is -0.532. The van der Waals surface area contributed by atoms with Crippen LogP contribution in [0.4, 0.5) is 4.79 Å². The maximum Gasteiger partial charge on any atom is 0.508 e. The highest BCUT2D eigenvalue weighted by atomic mass is 16.7. The zero-order valence-corrected chi connectivity index (χ0v) is 16.7. The van der Waals surface area contributed by atoms with Crippen LogP contribution in [0.5, 0.6) is 0 Å². The molecule has 4 heteroatoms. The number of fused-ring (bicyclic) bond motifs is 4. The van der Waals surface area contributed by atoms with Crippen molar-refractivity contribution in [3.8, 4) is 0 Å². The van der Waals surface area contributed by atoms with Crippen molar-refractivity contribution in [3.63, 3.8) is 0 Å². The van der Waals surface area contributed by atoms with Gasteiger partial charge < -0.3 is 14.2 Å². The van der Waals surface area contributed by atoms with Gasteiger partial charge in [0.2, 0.25) is 0 Å². The first-order valence-corrected chi connectivity index (χ1v) is 10.9. The number of methoxy groups -OCH3 is 1. The molecule has 4 aliphatic carbocycles. The maximum atomic E-state index is 12.2. The monoisotopic (exact) mass is 374 g/mol. The van der Waals surface area contributed by atoms with Crippen molar-refractivity contribution in [3.05, 3.63) is 24.3 Å². The molecular weight excluding hydrogens is 340 g/mol. The van der Waals surface area contributed by atoms with Gasteiger partial charge in [0.15, 0.2) is 0 Å². The molecule has 0 heterocycles. The maximum absolute atomic E-state index is 12.2. The van der Waals surface area contributed by atoms with Crippen molar-refractivity contribution in [2.75, 3.05) is 13.7 Å². The lowest BCUT2D eigenvalue weighted by Gasteiger charge is -2.25. The number of ether oxygens (including phenoxy) is 3. The van der Waals surface area contributed by atoms with E-state index < -0.39 is 6.16 Å². The molecule has 0 saturated heterocycles. The largest absolute Gasteiger partial charge is 0.508 e. The predicted molar refractivity (Wildman–Crippen MR) is 104 cm³/mol. The molecule has 8 atom stereocenters. The average molecular weight is 375 g/mol. The van der Waals surface area contributed by atoms with Gasteiger partial charge in [-0.1, -0.05) is 31.2 Å². The molecular formula is C23H34O4. The van der Waals surface area contributed by atoms with Crippen LogP contribution in [0, 0.1) is 35.5 Å². The van der Waals surface area contributed by atoms with E-state index in [0.717, 1.165) is 31.1 Å². The number of allylic oxidation sites excluding steroid dienone is 4. The lowest BCUT2D eigenvalue weighted by Crippen LogP contribution is -2.28. The fourth-order valence-corrected chi connectivity index (χ4v) is 5.87. The summed E-state index contributed by atoms with van der Waals surface area (Å²) in [6.07, 6.45) is 16.7. The van der Waals surface area contributed by atoms with Crippen LogP contribution >= 0.6 is 0 Å². The van der Waals surface area contributed by atoms with Crippen molar-refractivity contribution in [2.24, 2.45) is 35.5 Å². The molecule has 4 bridgehead atoms. The van der Waals surface area contributed by atoms with Gasteiger partial charge in [-0.05, 0) is 80.5 Å². The summed E-state index contributed by atoms with van der Waals surface area (Å²) in [6.45, 7) is 2.38. The van der Waals surface area contributed by atoms with Gasteiger partial charge in [0.25, 0.3) is 0 Å². The molecule has 0 radical (unpaired) electrons. The van der Waals surface area contributed by atoms with Crippen LogP contribution in [0.2, 0.25) is 0 Å². The van der Waals surface area contributed by atoms with E-state index in [4.69, 9.17) is 14.2 Å². The van der Waals surface area contributed by atoms with E-state index >= 15 is 0 Å². The molecule has 0 aliphatic heterocycles. The summed E-state index contributed by atoms with van der Waals surface area (Å²) in [5.41, 5.74) is 0. The van der Waals surface area contributed by atoms with Gasteiger partial charge in [-0.3, -0.25) is 0 Å². The van der Waals surface area contributed by atoms with Crippen LogP contribution in [-0.2, 0) is 14.2 Å². The minimum absolute atomic E-state index is 0.0352. The fraction of sp³-hybridized carbons (Fsp3) is 0.783. The third-order valence-corrected chi connectivity index (χ3v) is 7.40. The summed E-state index contributed by atoms with van der Waals surface area (Å²) in [5.74, 6) is 4.23. The quantitative estimate of drug-likeness (QED) is 0.414. The second kappa shape index (κ2) is 8.38. The van der Waals surface area contributed by atoms with Crippen molar-refractivity contribution in [1.82, 2.24) is 0 Å². The second-order valence-electron chi connectivity index (χ2n) is 9.12. The highest BCUT2D eigenvalue weighted by Crippen LogP contribution is 2.46. The number of hydrogen-bond acceptors (Lipinski definition) is 4. The molecule has 8 unspecified atom stereocenters. The van der Waals surface area contributed by atoms with Crippen LogP contribution in [0.15, 0.2) is 24.3 Å². The van der Waals surface area contributed by atoms with Gasteiger partial charge in [-0.15, -0.1) is 0 Å². The SMILES string of the molecule is CCC(CC1CC2C=CC1C2)OC(=O)OCC(CC1CC2C=CC1C2)OC. The Morgan fingerprint density at radius 3 is 1.96 bits per heavy atom. The Kier molecular flexibility index (Phi) is 5.91. The fourth-order valence-electron chi connectivity index (χ4n) is 5.87. The van der Waals surface area contributed by atoms with Crippen LogP contribution in [0.3, 0.4) is 0 Å². The van der Waals surface area contributed by atoms with Gasteiger partial charge in [-0.2, -0.15) is 0 Å². The Labute approximate surface area is 163 Å². The number of rotatable bonds is 9. The third-order valence-electron chi connectivity index (χ3n) is 7.40. The topological polar surface area (TPSA) is 44.8 Å². The molecule has 4 nitrogen and oxygen atoms in total. The van der Waals surface area contributed by atoms with Crippen LogP contribution in [-0.4, -0.2) is 32.1 Å².